The third-order valence-corrected chi connectivity index (χ3v) is 1.06. The number of rotatable bonds is 0. The molecule has 0 aromatic rings. The molecule has 1 rings (SSSR count). The van der Waals surface area contributed by atoms with Crippen molar-refractivity contribution in [2.24, 2.45) is 0 Å². The fraction of sp³-hybridized carbons (Fsp3) is 0.429. The van der Waals surface area contributed by atoms with Crippen molar-refractivity contribution in [3.8, 4) is 0 Å². The second-order valence-corrected chi connectivity index (χ2v) is 2.07. The summed E-state index contributed by atoms with van der Waals surface area (Å²) in [6, 6.07) is 0. The second-order valence-electron chi connectivity index (χ2n) is 2.07. The third kappa shape index (κ3) is 1.49. The van der Waals surface area contributed by atoms with Crippen molar-refractivity contribution in [1.29, 1.82) is 0 Å². The molecule has 1 aliphatic rings. The van der Waals surface area contributed by atoms with E-state index in [1.54, 1.807) is 0 Å². The van der Waals surface area contributed by atoms with Crippen LogP contribution in [0, 0.1) is 0 Å². The molecule has 1 unspecified atom stereocenters. The minimum atomic E-state index is 0.103. The van der Waals surface area contributed by atoms with Gasteiger partial charge in [-0.3, -0.25) is 0 Å². The highest BCUT2D eigenvalue weighted by Gasteiger charge is 2.09. The molecule has 0 spiro atoms. The molecule has 2 nitrogen and oxygen atoms in total. The van der Waals surface area contributed by atoms with Gasteiger partial charge in [0, 0.05) is 0 Å². The predicted octanol–water partition coefficient (Wildman–Crippen LogP) is 1.80. The van der Waals surface area contributed by atoms with Gasteiger partial charge in [-0.15, -0.1) is 0 Å². The molecule has 0 saturated carbocycles. The van der Waals surface area contributed by atoms with E-state index in [-0.39, 0.29) is 6.10 Å². The average molecular weight is 126 g/mol. The summed E-state index contributed by atoms with van der Waals surface area (Å²) in [5, 5.41) is 0. The second kappa shape index (κ2) is 2.13. The number of ether oxygens (including phenoxy) is 2. The van der Waals surface area contributed by atoms with Crippen LogP contribution in [0.5, 0.6) is 0 Å². The lowest BCUT2D eigenvalue weighted by molar-refractivity contribution is 0.0245. The van der Waals surface area contributed by atoms with Crippen molar-refractivity contribution in [2.45, 2.75) is 20.0 Å². The first-order valence-electron chi connectivity index (χ1n) is 2.90. The molecule has 1 aliphatic heterocycles. The van der Waals surface area contributed by atoms with Crippen molar-refractivity contribution < 1.29 is 9.47 Å². The lowest BCUT2D eigenvalue weighted by Crippen LogP contribution is -2.11. The normalized spacial score (nSPS) is 26.2. The fourth-order valence-electron chi connectivity index (χ4n) is 0.810. The van der Waals surface area contributed by atoms with E-state index in [1.807, 2.05) is 19.9 Å². The summed E-state index contributed by atoms with van der Waals surface area (Å²) in [5.41, 5.74) is 0. The minimum Gasteiger partial charge on any atom is -0.458 e. The van der Waals surface area contributed by atoms with Gasteiger partial charge in [-0.2, -0.15) is 0 Å². The highest BCUT2D eigenvalue weighted by Crippen LogP contribution is 2.15. The van der Waals surface area contributed by atoms with Gasteiger partial charge in [0.15, 0.2) is 0 Å². The first-order valence-corrected chi connectivity index (χ1v) is 2.90. The van der Waals surface area contributed by atoms with Crippen LogP contribution >= 0.6 is 0 Å². The molecule has 1 heterocycles. The van der Waals surface area contributed by atoms with Gasteiger partial charge >= 0.3 is 0 Å². The Labute approximate surface area is 54.8 Å². The van der Waals surface area contributed by atoms with Gasteiger partial charge in [-0.25, -0.2) is 0 Å². The topological polar surface area (TPSA) is 18.5 Å². The molecule has 0 aliphatic carbocycles. The van der Waals surface area contributed by atoms with Gasteiger partial charge in [-0.1, -0.05) is 0 Å². The van der Waals surface area contributed by atoms with Crippen molar-refractivity contribution in [3.05, 3.63) is 24.4 Å². The van der Waals surface area contributed by atoms with E-state index in [0.29, 0.717) is 5.95 Å². The SMILES string of the molecule is C=C1OC(C)=CC(C)O1. The van der Waals surface area contributed by atoms with Gasteiger partial charge in [0.2, 0.25) is 0 Å². The van der Waals surface area contributed by atoms with Crippen LogP contribution in [0.15, 0.2) is 24.4 Å². The summed E-state index contributed by atoms with van der Waals surface area (Å²) in [5.74, 6) is 1.25. The van der Waals surface area contributed by atoms with Crippen LogP contribution in [0.1, 0.15) is 13.8 Å². The Balaban J connectivity index is 2.67. The molecular formula is C7H10O2. The first-order chi connectivity index (χ1) is 4.18. The Morgan fingerprint density at radius 3 is 2.78 bits per heavy atom. The van der Waals surface area contributed by atoms with Gasteiger partial charge in [0.25, 0.3) is 5.95 Å². The summed E-state index contributed by atoms with van der Waals surface area (Å²) in [7, 11) is 0. The van der Waals surface area contributed by atoms with E-state index in [1.165, 1.54) is 0 Å². The van der Waals surface area contributed by atoms with Crippen LogP contribution in [-0.4, -0.2) is 6.10 Å². The standard InChI is InChI=1S/C7H10O2/c1-5-4-6(2)9-7(3)8-5/h4-5H,3H2,1-2H3. The molecule has 9 heavy (non-hydrogen) atoms. The summed E-state index contributed by atoms with van der Waals surface area (Å²) in [6.07, 6.45) is 2.00. The molecule has 0 radical (unpaired) electrons. The van der Waals surface area contributed by atoms with Crippen LogP contribution in [0.2, 0.25) is 0 Å². The first kappa shape index (κ1) is 6.20. The van der Waals surface area contributed by atoms with Crippen LogP contribution in [0.25, 0.3) is 0 Å². The van der Waals surface area contributed by atoms with Crippen molar-refractivity contribution >= 4 is 0 Å². The van der Waals surface area contributed by atoms with Gasteiger partial charge in [0.1, 0.15) is 11.9 Å². The van der Waals surface area contributed by atoms with Gasteiger partial charge < -0.3 is 9.47 Å². The maximum atomic E-state index is 5.06. The maximum absolute atomic E-state index is 5.06. The quantitative estimate of drug-likeness (QED) is 0.492. The Morgan fingerprint density at radius 2 is 2.33 bits per heavy atom. The summed E-state index contributed by atoms with van der Waals surface area (Å²) in [6.45, 7) is 7.35. The van der Waals surface area contributed by atoms with Crippen molar-refractivity contribution in [2.75, 3.05) is 0 Å². The average Bonchev–Trinajstić information content (AvgIpc) is 1.59. The monoisotopic (exact) mass is 126 g/mol. The van der Waals surface area contributed by atoms with E-state index >= 15 is 0 Å². The summed E-state index contributed by atoms with van der Waals surface area (Å²) in [4.78, 5) is 0. The molecule has 0 aromatic carbocycles. The molecule has 0 fully saturated rings. The van der Waals surface area contributed by atoms with Crippen molar-refractivity contribution in [1.82, 2.24) is 0 Å². The Morgan fingerprint density at radius 1 is 1.67 bits per heavy atom. The van der Waals surface area contributed by atoms with E-state index in [4.69, 9.17) is 9.47 Å². The van der Waals surface area contributed by atoms with Crippen LogP contribution in [-0.2, 0) is 9.47 Å². The van der Waals surface area contributed by atoms with Gasteiger partial charge in [0.05, 0.1) is 0 Å². The molecule has 0 saturated heterocycles. The summed E-state index contributed by atoms with van der Waals surface area (Å²) >= 11 is 0. The van der Waals surface area contributed by atoms with Crippen LogP contribution in [0.4, 0.5) is 0 Å². The molecule has 50 valence electrons. The largest absolute Gasteiger partial charge is 0.458 e. The Bertz CT molecular complexity index is 158. The number of hydrogen-bond acceptors (Lipinski definition) is 2. The molecule has 0 N–H and O–H groups in total. The van der Waals surface area contributed by atoms with E-state index in [0.717, 1.165) is 5.76 Å². The molecule has 2 heteroatoms. The van der Waals surface area contributed by atoms with Gasteiger partial charge in [-0.05, 0) is 26.5 Å². The maximum Gasteiger partial charge on any atom is 0.277 e. The van der Waals surface area contributed by atoms with Crippen LogP contribution in [0.3, 0.4) is 0 Å². The highest BCUT2D eigenvalue weighted by atomic mass is 16.7. The lowest BCUT2D eigenvalue weighted by Gasteiger charge is -2.19. The zero-order valence-electron chi connectivity index (χ0n) is 5.68. The fourth-order valence-corrected chi connectivity index (χ4v) is 0.810. The Hall–Kier alpha value is -0.920. The van der Waals surface area contributed by atoms with Crippen molar-refractivity contribution in [3.63, 3.8) is 0 Å². The zero-order chi connectivity index (χ0) is 6.85. The summed E-state index contributed by atoms with van der Waals surface area (Å²) < 4.78 is 10.1. The molecule has 1 atom stereocenters. The lowest BCUT2D eigenvalue weighted by atomic mass is 10.3. The highest BCUT2D eigenvalue weighted by molar-refractivity contribution is 5.01. The Kier molecular flexibility index (Phi) is 1.47. The third-order valence-electron chi connectivity index (χ3n) is 1.06. The molecule has 0 aromatic heterocycles. The molecule has 0 bridgehead atoms. The smallest absolute Gasteiger partial charge is 0.277 e. The van der Waals surface area contributed by atoms with E-state index < -0.39 is 0 Å². The molecular weight excluding hydrogens is 116 g/mol. The number of allylic oxidation sites excluding steroid dienone is 1. The van der Waals surface area contributed by atoms with Crippen LogP contribution < -0.4 is 0 Å². The van der Waals surface area contributed by atoms with E-state index in [2.05, 4.69) is 6.58 Å². The predicted molar refractivity (Wildman–Crippen MR) is 34.5 cm³/mol. The zero-order valence-corrected chi connectivity index (χ0v) is 5.68. The van der Waals surface area contributed by atoms with E-state index in [9.17, 15) is 0 Å². The minimum absolute atomic E-state index is 0.103. The molecule has 0 amide bonds. The number of hydrogen-bond donors (Lipinski definition) is 0.